The van der Waals surface area contributed by atoms with Crippen LogP contribution >= 0.6 is 0 Å². The van der Waals surface area contributed by atoms with E-state index in [2.05, 4.69) is 15.2 Å². The molecule has 0 aliphatic carbocycles. The van der Waals surface area contributed by atoms with Gasteiger partial charge in [0.05, 0.1) is 11.9 Å². The second-order valence-corrected chi connectivity index (χ2v) is 2.57. The minimum Gasteiger partial charge on any atom is -0.375 e. The van der Waals surface area contributed by atoms with Crippen LogP contribution in [0.5, 0.6) is 0 Å². The minimum absolute atomic E-state index is 0.0668. The minimum atomic E-state index is -0.168. The van der Waals surface area contributed by atoms with Gasteiger partial charge in [-0.15, -0.1) is 0 Å². The second kappa shape index (κ2) is 4.61. The van der Waals surface area contributed by atoms with E-state index in [-0.39, 0.29) is 12.5 Å². The first kappa shape index (κ1) is 9.73. The third kappa shape index (κ3) is 2.87. The number of rotatable bonds is 4. The SMILES string of the molecule is CCn1cc(NC(=O)COC)cn1. The fourth-order valence-electron chi connectivity index (χ4n) is 0.929. The van der Waals surface area contributed by atoms with Crippen LogP contribution in [0, 0.1) is 0 Å². The number of hydrogen-bond donors (Lipinski definition) is 1. The zero-order valence-corrected chi connectivity index (χ0v) is 7.78. The van der Waals surface area contributed by atoms with E-state index in [1.165, 1.54) is 7.11 Å². The number of anilines is 1. The molecule has 1 aromatic rings. The van der Waals surface area contributed by atoms with Crippen molar-refractivity contribution < 1.29 is 9.53 Å². The van der Waals surface area contributed by atoms with Gasteiger partial charge in [0.2, 0.25) is 5.91 Å². The lowest BCUT2D eigenvalue weighted by molar-refractivity contribution is -0.119. The Labute approximate surface area is 76.7 Å². The molecule has 0 unspecified atom stereocenters. The number of carbonyl (C=O) groups excluding carboxylic acids is 1. The Morgan fingerprint density at radius 3 is 3.08 bits per heavy atom. The Morgan fingerprint density at radius 2 is 2.54 bits per heavy atom. The number of amides is 1. The van der Waals surface area contributed by atoms with Crippen LogP contribution in [0.2, 0.25) is 0 Å². The van der Waals surface area contributed by atoms with Crippen molar-refractivity contribution in [3.8, 4) is 0 Å². The smallest absolute Gasteiger partial charge is 0.250 e. The molecule has 72 valence electrons. The third-order valence-corrected chi connectivity index (χ3v) is 1.52. The largest absolute Gasteiger partial charge is 0.375 e. The Bertz CT molecular complexity index is 283. The molecule has 13 heavy (non-hydrogen) atoms. The number of methoxy groups -OCH3 is 1. The predicted octanol–water partition coefficient (Wildman–Crippen LogP) is 0.488. The molecule has 0 saturated heterocycles. The van der Waals surface area contributed by atoms with Crippen LogP contribution in [0.15, 0.2) is 12.4 Å². The van der Waals surface area contributed by atoms with Crippen LogP contribution < -0.4 is 5.32 Å². The van der Waals surface area contributed by atoms with Crippen LogP contribution in [0.3, 0.4) is 0 Å². The molecule has 1 N–H and O–H groups in total. The topological polar surface area (TPSA) is 56.2 Å². The number of hydrogen-bond acceptors (Lipinski definition) is 3. The molecule has 0 aliphatic heterocycles. The van der Waals surface area contributed by atoms with Crippen molar-refractivity contribution in [2.45, 2.75) is 13.5 Å². The third-order valence-electron chi connectivity index (χ3n) is 1.52. The molecule has 0 spiro atoms. The zero-order valence-electron chi connectivity index (χ0n) is 7.78. The summed E-state index contributed by atoms with van der Waals surface area (Å²) in [5, 5.41) is 6.66. The van der Waals surface area contributed by atoms with Crippen molar-refractivity contribution in [1.82, 2.24) is 9.78 Å². The summed E-state index contributed by atoms with van der Waals surface area (Å²) in [5.74, 6) is -0.168. The maximum atomic E-state index is 11.0. The van der Waals surface area contributed by atoms with Gasteiger partial charge >= 0.3 is 0 Å². The van der Waals surface area contributed by atoms with E-state index in [0.29, 0.717) is 5.69 Å². The molecular weight excluding hydrogens is 170 g/mol. The lowest BCUT2D eigenvalue weighted by Crippen LogP contribution is -2.16. The first-order valence-corrected chi connectivity index (χ1v) is 4.07. The first-order valence-electron chi connectivity index (χ1n) is 4.07. The lowest BCUT2D eigenvalue weighted by atomic mass is 10.5. The van der Waals surface area contributed by atoms with Gasteiger partial charge in [0.15, 0.2) is 0 Å². The molecule has 1 aromatic heterocycles. The predicted molar refractivity (Wildman–Crippen MR) is 48.4 cm³/mol. The summed E-state index contributed by atoms with van der Waals surface area (Å²) in [4.78, 5) is 11.0. The molecule has 0 bridgehead atoms. The maximum Gasteiger partial charge on any atom is 0.250 e. The summed E-state index contributed by atoms with van der Waals surface area (Å²) < 4.78 is 6.41. The van der Waals surface area contributed by atoms with Gasteiger partial charge in [0.25, 0.3) is 0 Å². The van der Waals surface area contributed by atoms with Gasteiger partial charge in [0.1, 0.15) is 6.61 Å². The fraction of sp³-hybridized carbons (Fsp3) is 0.500. The van der Waals surface area contributed by atoms with Crippen molar-refractivity contribution in [1.29, 1.82) is 0 Å². The lowest BCUT2D eigenvalue weighted by Gasteiger charge is -1.99. The van der Waals surface area contributed by atoms with Gasteiger partial charge < -0.3 is 10.1 Å². The molecule has 0 aliphatic rings. The van der Waals surface area contributed by atoms with E-state index in [4.69, 9.17) is 0 Å². The summed E-state index contributed by atoms with van der Waals surface area (Å²) in [7, 11) is 1.48. The number of nitrogens with zero attached hydrogens (tertiary/aromatic N) is 2. The van der Waals surface area contributed by atoms with Gasteiger partial charge in [0, 0.05) is 19.9 Å². The van der Waals surface area contributed by atoms with E-state index in [0.717, 1.165) is 6.54 Å². The van der Waals surface area contributed by atoms with Crippen molar-refractivity contribution in [2.24, 2.45) is 0 Å². The van der Waals surface area contributed by atoms with E-state index in [9.17, 15) is 4.79 Å². The summed E-state index contributed by atoms with van der Waals surface area (Å²) in [6.45, 7) is 2.84. The molecule has 1 amide bonds. The highest BCUT2D eigenvalue weighted by Crippen LogP contribution is 2.03. The number of carbonyl (C=O) groups is 1. The van der Waals surface area contributed by atoms with Gasteiger partial charge in [-0.3, -0.25) is 9.48 Å². The number of nitrogens with one attached hydrogen (secondary N) is 1. The summed E-state index contributed by atoms with van der Waals surface area (Å²) in [5.41, 5.74) is 0.698. The number of aromatic nitrogens is 2. The highest BCUT2D eigenvalue weighted by Gasteiger charge is 2.02. The zero-order chi connectivity index (χ0) is 9.68. The van der Waals surface area contributed by atoms with Crippen molar-refractivity contribution in [3.63, 3.8) is 0 Å². The van der Waals surface area contributed by atoms with E-state index < -0.39 is 0 Å². The van der Waals surface area contributed by atoms with Gasteiger partial charge in [-0.25, -0.2) is 0 Å². The quantitative estimate of drug-likeness (QED) is 0.739. The van der Waals surface area contributed by atoms with E-state index in [1.807, 2.05) is 6.92 Å². The molecule has 5 nitrogen and oxygen atoms in total. The summed E-state index contributed by atoms with van der Waals surface area (Å²) in [6.07, 6.45) is 3.38. The van der Waals surface area contributed by atoms with Crippen molar-refractivity contribution in [3.05, 3.63) is 12.4 Å². The molecule has 0 aromatic carbocycles. The average molecular weight is 183 g/mol. The van der Waals surface area contributed by atoms with Gasteiger partial charge in [-0.2, -0.15) is 5.10 Å². The Balaban J connectivity index is 2.49. The van der Waals surface area contributed by atoms with Crippen molar-refractivity contribution >= 4 is 11.6 Å². The van der Waals surface area contributed by atoms with Crippen LogP contribution in [0.1, 0.15) is 6.92 Å². The molecular formula is C8H13N3O2. The highest BCUT2D eigenvalue weighted by molar-refractivity contribution is 5.91. The van der Waals surface area contributed by atoms with Crippen LogP contribution in [0.4, 0.5) is 5.69 Å². The second-order valence-electron chi connectivity index (χ2n) is 2.57. The number of ether oxygens (including phenoxy) is 1. The molecule has 0 saturated carbocycles. The molecule has 0 atom stereocenters. The standard InChI is InChI=1S/C8H13N3O2/c1-3-11-5-7(4-9-11)10-8(12)6-13-2/h4-5H,3,6H2,1-2H3,(H,10,12). The summed E-state index contributed by atoms with van der Waals surface area (Å²) in [6, 6.07) is 0. The van der Waals surface area contributed by atoms with E-state index in [1.54, 1.807) is 17.1 Å². The molecule has 1 heterocycles. The van der Waals surface area contributed by atoms with Crippen molar-refractivity contribution in [2.75, 3.05) is 19.0 Å². The fourth-order valence-corrected chi connectivity index (χ4v) is 0.929. The van der Waals surface area contributed by atoms with Crippen LogP contribution in [0.25, 0.3) is 0 Å². The molecule has 1 rings (SSSR count). The van der Waals surface area contributed by atoms with Gasteiger partial charge in [-0.1, -0.05) is 0 Å². The van der Waals surface area contributed by atoms with Crippen LogP contribution in [-0.4, -0.2) is 29.4 Å². The Kier molecular flexibility index (Phi) is 3.45. The molecule has 0 fully saturated rings. The summed E-state index contributed by atoms with van der Waals surface area (Å²) >= 11 is 0. The number of aryl methyl sites for hydroxylation is 1. The Morgan fingerprint density at radius 1 is 1.77 bits per heavy atom. The van der Waals surface area contributed by atoms with Gasteiger partial charge in [-0.05, 0) is 6.92 Å². The monoisotopic (exact) mass is 183 g/mol. The normalized spacial score (nSPS) is 10.0. The van der Waals surface area contributed by atoms with E-state index >= 15 is 0 Å². The first-order chi connectivity index (χ1) is 6.26. The van der Waals surface area contributed by atoms with Crippen LogP contribution in [-0.2, 0) is 16.1 Å². The molecule has 0 radical (unpaired) electrons. The average Bonchev–Trinajstić information content (AvgIpc) is 2.52. The highest BCUT2D eigenvalue weighted by atomic mass is 16.5. The Hall–Kier alpha value is -1.36. The molecule has 5 heteroatoms. The maximum absolute atomic E-state index is 11.0.